The molecule has 0 unspecified atom stereocenters. The summed E-state index contributed by atoms with van der Waals surface area (Å²) in [5, 5.41) is 1.91. The molecule has 0 radical (unpaired) electrons. The van der Waals surface area contributed by atoms with Crippen LogP contribution < -0.4 is 4.57 Å². The summed E-state index contributed by atoms with van der Waals surface area (Å²) in [6.07, 6.45) is 5.48. The molecule has 0 aliphatic rings. The molecule has 0 fully saturated rings. The molecule has 1 atom stereocenters. The van der Waals surface area contributed by atoms with E-state index in [0.717, 1.165) is 11.1 Å². The van der Waals surface area contributed by atoms with Crippen LogP contribution in [0.15, 0.2) is 61.2 Å². The number of H-pyrrole nitrogens is 1. The number of ether oxygens (including phenoxy) is 1. The fourth-order valence-electron chi connectivity index (χ4n) is 2.41. The number of aromatic nitrogens is 2. The third-order valence-corrected chi connectivity index (χ3v) is 4.47. The molecule has 6 heteroatoms. The fourth-order valence-corrected chi connectivity index (χ4v) is 3.06. The van der Waals surface area contributed by atoms with Gasteiger partial charge in [-0.05, 0) is 29.8 Å². The van der Waals surface area contributed by atoms with Gasteiger partial charge >= 0.3 is 0 Å². The van der Waals surface area contributed by atoms with Crippen LogP contribution in [0.5, 0.6) is 0 Å². The van der Waals surface area contributed by atoms with E-state index >= 15 is 0 Å². The average Bonchev–Trinajstić information content (AvgIpc) is 3.06. The van der Waals surface area contributed by atoms with Gasteiger partial charge in [0.2, 0.25) is 6.33 Å². The maximum absolute atomic E-state index is 6.37. The Balaban J connectivity index is 1.80. The first kappa shape index (κ1) is 17.3. The van der Waals surface area contributed by atoms with E-state index in [1.807, 2.05) is 59.7 Å². The highest BCUT2D eigenvalue weighted by atomic mass is 35.5. The Morgan fingerprint density at radius 2 is 1.75 bits per heavy atom. The van der Waals surface area contributed by atoms with E-state index in [0.29, 0.717) is 28.2 Å². The fraction of sp³-hybridized carbons (Fsp3) is 0.167. The van der Waals surface area contributed by atoms with Crippen molar-refractivity contribution in [3.05, 3.63) is 87.4 Å². The van der Waals surface area contributed by atoms with Crippen LogP contribution in [0, 0.1) is 0 Å². The van der Waals surface area contributed by atoms with Crippen molar-refractivity contribution in [1.82, 2.24) is 4.98 Å². The van der Waals surface area contributed by atoms with E-state index in [2.05, 4.69) is 4.98 Å². The van der Waals surface area contributed by atoms with Crippen molar-refractivity contribution >= 4 is 34.8 Å². The molecule has 0 saturated heterocycles. The predicted octanol–water partition coefficient (Wildman–Crippen LogP) is 5.22. The molecule has 0 amide bonds. The minimum atomic E-state index is -0.203. The van der Waals surface area contributed by atoms with E-state index < -0.39 is 0 Å². The van der Waals surface area contributed by atoms with Crippen molar-refractivity contribution in [2.45, 2.75) is 19.3 Å². The summed E-state index contributed by atoms with van der Waals surface area (Å²) >= 11 is 18.3. The molecule has 0 saturated carbocycles. The quantitative estimate of drug-likeness (QED) is 0.582. The van der Waals surface area contributed by atoms with Gasteiger partial charge < -0.3 is 4.74 Å². The highest BCUT2D eigenvalue weighted by Gasteiger charge is 2.19. The largest absolute Gasteiger partial charge is 0.365 e. The SMILES string of the molecule is Clc1ccc(CO[C@@H](C[n+]2cc[nH]c2)c2ccc(Cl)cc2Cl)cc1. The Kier molecular flexibility index (Phi) is 5.80. The van der Waals surface area contributed by atoms with Gasteiger partial charge in [0.05, 0.1) is 6.61 Å². The zero-order valence-electron chi connectivity index (χ0n) is 12.8. The molecule has 3 aromatic rings. The molecule has 124 valence electrons. The minimum absolute atomic E-state index is 0.203. The summed E-state index contributed by atoms with van der Waals surface area (Å²) < 4.78 is 8.15. The Morgan fingerprint density at radius 1 is 1.00 bits per heavy atom. The first-order valence-corrected chi connectivity index (χ1v) is 8.58. The second kappa shape index (κ2) is 8.04. The number of hydrogen-bond acceptors (Lipinski definition) is 1. The number of halogens is 3. The van der Waals surface area contributed by atoms with Crippen molar-refractivity contribution in [1.29, 1.82) is 0 Å². The van der Waals surface area contributed by atoms with E-state index in [1.165, 1.54) is 0 Å². The number of benzene rings is 2. The Bertz CT molecular complexity index is 789. The molecule has 0 aliphatic carbocycles. The predicted molar refractivity (Wildman–Crippen MR) is 96.4 cm³/mol. The third-order valence-electron chi connectivity index (χ3n) is 3.65. The summed E-state index contributed by atoms with van der Waals surface area (Å²) in [5.74, 6) is 0. The van der Waals surface area contributed by atoms with Gasteiger partial charge in [0.25, 0.3) is 0 Å². The van der Waals surface area contributed by atoms with Crippen LogP contribution in [0.3, 0.4) is 0 Å². The molecule has 3 nitrogen and oxygen atoms in total. The number of hydrogen-bond donors (Lipinski definition) is 1. The minimum Gasteiger partial charge on any atom is -0.365 e. The number of aromatic amines is 1. The van der Waals surface area contributed by atoms with Crippen molar-refractivity contribution in [3.8, 4) is 0 Å². The Labute approximate surface area is 155 Å². The van der Waals surface area contributed by atoms with Crippen LogP contribution in [-0.4, -0.2) is 4.98 Å². The van der Waals surface area contributed by atoms with Gasteiger partial charge in [-0.1, -0.05) is 53.0 Å². The van der Waals surface area contributed by atoms with Crippen LogP contribution in [0.4, 0.5) is 0 Å². The van der Waals surface area contributed by atoms with Gasteiger partial charge in [-0.25, -0.2) is 4.57 Å². The lowest BCUT2D eigenvalue weighted by Crippen LogP contribution is -2.35. The number of imidazole rings is 1. The van der Waals surface area contributed by atoms with Crippen LogP contribution in [0.1, 0.15) is 17.2 Å². The first-order valence-electron chi connectivity index (χ1n) is 7.44. The normalized spacial score (nSPS) is 12.3. The number of nitrogens with one attached hydrogen (secondary N) is 1. The molecule has 0 bridgehead atoms. The average molecular weight is 383 g/mol. The third kappa shape index (κ3) is 4.52. The maximum Gasteiger partial charge on any atom is 0.241 e. The van der Waals surface area contributed by atoms with Crippen LogP contribution in [0.2, 0.25) is 15.1 Å². The molecule has 0 aliphatic heterocycles. The van der Waals surface area contributed by atoms with E-state index in [1.54, 1.807) is 6.07 Å². The number of rotatable bonds is 6. The standard InChI is InChI=1S/C18H15Cl3N2O/c19-14-3-1-13(2-4-14)11-24-18(10-23-8-7-22-12-23)16-6-5-15(20)9-17(16)21/h1-9,12,18H,10-11H2/p+1/t18-/m0/s1. The molecule has 24 heavy (non-hydrogen) atoms. The van der Waals surface area contributed by atoms with Crippen molar-refractivity contribution in [2.75, 3.05) is 0 Å². The second-order valence-electron chi connectivity index (χ2n) is 5.40. The summed E-state index contributed by atoms with van der Waals surface area (Å²) in [6.45, 7) is 1.10. The lowest BCUT2D eigenvalue weighted by molar-refractivity contribution is -0.704. The highest BCUT2D eigenvalue weighted by molar-refractivity contribution is 6.35. The lowest BCUT2D eigenvalue weighted by Gasteiger charge is -2.18. The van der Waals surface area contributed by atoms with Gasteiger partial charge in [-0.15, -0.1) is 0 Å². The molecular weight excluding hydrogens is 367 g/mol. The second-order valence-corrected chi connectivity index (χ2v) is 6.68. The monoisotopic (exact) mass is 381 g/mol. The molecule has 3 rings (SSSR count). The molecule has 1 N–H and O–H groups in total. The van der Waals surface area contributed by atoms with Crippen molar-refractivity contribution in [2.24, 2.45) is 0 Å². The zero-order chi connectivity index (χ0) is 16.9. The topological polar surface area (TPSA) is 28.9 Å². The van der Waals surface area contributed by atoms with Gasteiger partial charge in [0, 0.05) is 20.6 Å². The van der Waals surface area contributed by atoms with Crippen molar-refractivity contribution in [3.63, 3.8) is 0 Å². The smallest absolute Gasteiger partial charge is 0.241 e. The molecule has 1 heterocycles. The van der Waals surface area contributed by atoms with Crippen molar-refractivity contribution < 1.29 is 9.30 Å². The van der Waals surface area contributed by atoms with Crippen LogP contribution >= 0.6 is 34.8 Å². The van der Waals surface area contributed by atoms with Crippen LogP contribution in [0.25, 0.3) is 0 Å². The van der Waals surface area contributed by atoms with Gasteiger partial charge in [0.1, 0.15) is 25.0 Å². The summed E-state index contributed by atoms with van der Waals surface area (Å²) in [5.41, 5.74) is 1.96. The molecular formula is C18H16Cl3N2O+. The first-order chi connectivity index (χ1) is 11.6. The molecule has 0 spiro atoms. The van der Waals surface area contributed by atoms with Gasteiger partial charge in [-0.2, -0.15) is 0 Å². The molecule has 2 aromatic carbocycles. The van der Waals surface area contributed by atoms with Crippen LogP contribution in [-0.2, 0) is 17.9 Å². The van der Waals surface area contributed by atoms with E-state index in [-0.39, 0.29) is 6.10 Å². The van der Waals surface area contributed by atoms with E-state index in [4.69, 9.17) is 39.5 Å². The van der Waals surface area contributed by atoms with E-state index in [9.17, 15) is 0 Å². The number of nitrogens with zero attached hydrogens (tertiary/aromatic N) is 1. The van der Waals surface area contributed by atoms with Gasteiger partial charge in [-0.3, -0.25) is 4.98 Å². The maximum atomic E-state index is 6.37. The Morgan fingerprint density at radius 3 is 2.42 bits per heavy atom. The summed E-state index contributed by atoms with van der Waals surface area (Å²) in [4.78, 5) is 3.03. The Hall–Kier alpha value is -1.52. The summed E-state index contributed by atoms with van der Waals surface area (Å²) in [7, 11) is 0. The molecule has 1 aromatic heterocycles. The zero-order valence-corrected chi connectivity index (χ0v) is 15.0. The lowest BCUT2D eigenvalue weighted by atomic mass is 10.1. The highest BCUT2D eigenvalue weighted by Crippen LogP contribution is 2.29. The summed E-state index contributed by atoms with van der Waals surface area (Å²) in [6, 6.07) is 13.1. The van der Waals surface area contributed by atoms with Gasteiger partial charge in [0.15, 0.2) is 0 Å².